The Kier molecular flexibility index (Phi) is 2.29. The zero-order valence-corrected chi connectivity index (χ0v) is 9.64. The lowest BCUT2D eigenvalue weighted by atomic mass is 10.0. The molecule has 0 amide bonds. The molecule has 0 atom stereocenters. The molecule has 0 aromatic carbocycles. The Balaban J connectivity index is 2.16. The summed E-state index contributed by atoms with van der Waals surface area (Å²) in [5, 5.41) is 6.89. The molecule has 1 aliphatic heterocycles. The Morgan fingerprint density at radius 3 is 3.06 bits per heavy atom. The van der Waals surface area contributed by atoms with Crippen molar-refractivity contribution in [2.45, 2.75) is 13.0 Å². The number of likely N-dealkylation sites (N-methyl/N-ethyl adjacent to an activating group) is 1. The Hall–Kier alpha value is -1.95. The fourth-order valence-electron chi connectivity index (χ4n) is 2.19. The zero-order valence-electron chi connectivity index (χ0n) is 9.64. The van der Waals surface area contributed by atoms with E-state index in [4.69, 9.17) is 5.73 Å². The van der Waals surface area contributed by atoms with Gasteiger partial charge < -0.3 is 10.6 Å². The van der Waals surface area contributed by atoms with E-state index < -0.39 is 0 Å². The Morgan fingerprint density at radius 1 is 1.41 bits per heavy atom. The van der Waals surface area contributed by atoms with E-state index in [0.29, 0.717) is 5.95 Å². The molecule has 3 heterocycles. The zero-order chi connectivity index (χ0) is 11.8. The summed E-state index contributed by atoms with van der Waals surface area (Å²) in [6.07, 6.45) is 2.66. The number of H-pyrrole nitrogens is 1. The molecule has 0 aliphatic carbocycles. The molecule has 0 unspecified atom stereocenters. The number of nitrogen functional groups attached to an aromatic ring is 1. The number of rotatable bonds is 1. The maximum absolute atomic E-state index is 5.76. The number of nitrogens with two attached hydrogens (primary N) is 1. The smallest absolute Gasteiger partial charge is 0.220 e. The van der Waals surface area contributed by atoms with Crippen molar-refractivity contribution >= 4 is 5.95 Å². The molecule has 1 aliphatic rings. The SMILES string of the molecule is CN1CCc2c(nc(N)nc2-c2ccn[nH]2)C1. The van der Waals surface area contributed by atoms with Gasteiger partial charge in [0, 0.05) is 24.8 Å². The van der Waals surface area contributed by atoms with Gasteiger partial charge in [0.25, 0.3) is 0 Å². The fraction of sp³-hybridized carbons (Fsp3) is 0.364. The first-order valence-electron chi connectivity index (χ1n) is 5.57. The van der Waals surface area contributed by atoms with E-state index in [1.807, 2.05) is 6.07 Å². The number of hydrogen-bond acceptors (Lipinski definition) is 5. The van der Waals surface area contributed by atoms with Crippen molar-refractivity contribution in [2.24, 2.45) is 0 Å². The van der Waals surface area contributed by atoms with Gasteiger partial charge in [0.15, 0.2) is 0 Å². The summed E-state index contributed by atoms with van der Waals surface area (Å²) in [6.45, 7) is 1.84. The third-order valence-electron chi connectivity index (χ3n) is 3.03. The Labute approximate surface area is 98.9 Å². The van der Waals surface area contributed by atoms with Gasteiger partial charge >= 0.3 is 0 Å². The second kappa shape index (κ2) is 3.81. The molecule has 3 rings (SSSR count). The van der Waals surface area contributed by atoms with Gasteiger partial charge in [-0.3, -0.25) is 5.10 Å². The fourth-order valence-corrected chi connectivity index (χ4v) is 2.19. The first kappa shape index (κ1) is 10.2. The van der Waals surface area contributed by atoms with Gasteiger partial charge in [-0.25, -0.2) is 9.97 Å². The van der Waals surface area contributed by atoms with Gasteiger partial charge in [-0.2, -0.15) is 5.10 Å². The van der Waals surface area contributed by atoms with Crippen molar-refractivity contribution < 1.29 is 0 Å². The third-order valence-corrected chi connectivity index (χ3v) is 3.03. The van der Waals surface area contributed by atoms with E-state index in [-0.39, 0.29) is 0 Å². The van der Waals surface area contributed by atoms with E-state index in [9.17, 15) is 0 Å². The van der Waals surface area contributed by atoms with Crippen molar-refractivity contribution in [2.75, 3.05) is 19.3 Å². The molecule has 0 saturated heterocycles. The van der Waals surface area contributed by atoms with Crippen LogP contribution in [0.15, 0.2) is 12.3 Å². The van der Waals surface area contributed by atoms with Crippen LogP contribution in [0.2, 0.25) is 0 Å². The van der Waals surface area contributed by atoms with Gasteiger partial charge in [-0.05, 0) is 19.5 Å². The molecule has 0 saturated carbocycles. The van der Waals surface area contributed by atoms with E-state index in [0.717, 1.165) is 36.6 Å². The molecule has 0 spiro atoms. The molecular weight excluding hydrogens is 216 g/mol. The van der Waals surface area contributed by atoms with Crippen LogP contribution >= 0.6 is 0 Å². The van der Waals surface area contributed by atoms with Gasteiger partial charge in [0.2, 0.25) is 5.95 Å². The average Bonchev–Trinajstić information content (AvgIpc) is 2.80. The lowest BCUT2D eigenvalue weighted by Crippen LogP contribution is -2.28. The summed E-state index contributed by atoms with van der Waals surface area (Å²) >= 11 is 0. The second-order valence-electron chi connectivity index (χ2n) is 4.31. The molecule has 0 fully saturated rings. The molecule has 6 nitrogen and oxygen atoms in total. The Morgan fingerprint density at radius 2 is 2.29 bits per heavy atom. The van der Waals surface area contributed by atoms with Crippen LogP contribution in [0.5, 0.6) is 0 Å². The molecule has 6 heteroatoms. The summed E-state index contributed by atoms with van der Waals surface area (Å²) in [7, 11) is 2.08. The number of nitrogens with zero attached hydrogens (tertiary/aromatic N) is 4. The van der Waals surface area contributed by atoms with Crippen LogP contribution in [0, 0.1) is 0 Å². The van der Waals surface area contributed by atoms with Crippen LogP contribution in [0.3, 0.4) is 0 Å². The van der Waals surface area contributed by atoms with E-state index in [1.165, 1.54) is 5.56 Å². The van der Waals surface area contributed by atoms with Crippen molar-refractivity contribution in [1.82, 2.24) is 25.1 Å². The summed E-state index contributed by atoms with van der Waals surface area (Å²) in [5.74, 6) is 0.323. The van der Waals surface area contributed by atoms with Crippen LogP contribution < -0.4 is 5.73 Å². The van der Waals surface area contributed by atoms with Crippen molar-refractivity contribution in [1.29, 1.82) is 0 Å². The topological polar surface area (TPSA) is 83.7 Å². The lowest BCUT2D eigenvalue weighted by Gasteiger charge is -2.25. The monoisotopic (exact) mass is 230 g/mol. The maximum atomic E-state index is 5.76. The highest BCUT2D eigenvalue weighted by Gasteiger charge is 2.21. The minimum Gasteiger partial charge on any atom is -0.368 e. The normalized spacial score (nSPS) is 15.8. The lowest BCUT2D eigenvalue weighted by molar-refractivity contribution is 0.307. The molecule has 88 valence electrons. The number of fused-ring (bicyclic) bond motifs is 1. The highest BCUT2D eigenvalue weighted by atomic mass is 15.1. The largest absolute Gasteiger partial charge is 0.368 e. The quantitative estimate of drug-likeness (QED) is 0.742. The first-order valence-corrected chi connectivity index (χ1v) is 5.57. The van der Waals surface area contributed by atoms with Gasteiger partial charge in [-0.1, -0.05) is 0 Å². The van der Waals surface area contributed by atoms with Gasteiger partial charge in [0.1, 0.15) is 0 Å². The summed E-state index contributed by atoms with van der Waals surface area (Å²) in [5.41, 5.74) is 9.75. The highest BCUT2D eigenvalue weighted by molar-refractivity contribution is 5.61. The van der Waals surface area contributed by atoms with Crippen LogP contribution in [0.25, 0.3) is 11.4 Å². The molecule has 2 aromatic rings. The van der Waals surface area contributed by atoms with E-state index in [1.54, 1.807) is 6.20 Å². The van der Waals surface area contributed by atoms with E-state index in [2.05, 4.69) is 32.1 Å². The van der Waals surface area contributed by atoms with Crippen LogP contribution in [0.4, 0.5) is 5.95 Å². The standard InChI is InChI=1S/C11H14N6/c1-17-5-3-7-9(6-17)14-11(12)15-10(7)8-2-4-13-16-8/h2,4H,3,5-6H2,1H3,(H,13,16)(H2,12,14,15). The van der Waals surface area contributed by atoms with Gasteiger partial charge in [-0.15, -0.1) is 0 Å². The molecule has 3 N–H and O–H groups in total. The predicted octanol–water partition coefficient (Wildman–Crippen LogP) is 0.437. The van der Waals surface area contributed by atoms with Crippen LogP contribution in [0.1, 0.15) is 11.3 Å². The Bertz CT molecular complexity index is 533. The summed E-state index contributed by atoms with van der Waals surface area (Å²) < 4.78 is 0. The summed E-state index contributed by atoms with van der Waals surface area (Å²) in [6, 6.07) is 1.90. The molecule has 0 bridgehead atoms. The van der Waals surface area contributed by atoms with Crippen molar-refractivity contribution in [3.8, 4) is 11.4 Å². The average molecular weight is 230 g/mol. The predicted molar refractivity (Wildman–Crippen MR) is 64.1 cm³/mol. The number of aromatic nitrogens is 4. The molecular formula is C11H14N6. The van der Waals surface area contributed by atoms with Crippen molar-refractivity contribution in [3.05, 3.63) is 23.5 Å². The number of aromatic amines is 1. The molecule has 2 aromatic heterocycles. The summed E-state index contributed by atoms with van der Waals surface area (Å²) in [4.78, 5) is 10.9. The van der Waals surface area contributed by atoms with Crippen LogP contribution in [-0.2, 0) is 13.0 Å². The molecule has 0 radical (unpaired) electrons. The van der Waals surface area contributed by atoms with Crippen LogP contribution in [-0.4, -0.2) is 38.7 Å². The first-order chi connectivity index (χ1) is 8.24. The minimum absolute atomic E-state index is 0.323. The second-order valence-corrected chi connectivity index (χ2v) is 4.31. The van der Waals surface area contributed by atoms with E-state index >= 15 is 0 Å². The maximum Gasteiger partial charge on any atom is 0.220 e. The van der Waals surface area contributed by atoms with Crippen molar-refractivity contribution in [3.63, 3.8) is 0 Å². The van der Waals surface area contributed by atoms with Gasteiger partial charge in [0.05, 0.1) is 17.1 Å². The third kappa shape index (κ3) is 1.76. The number of hydrogen-bond donors (Lipinski definition) is 2. The highest BCUT2D eigenvalue weighted by Crippen LogP contribution is 2.26. The number of anilines is 1. The number of nitrogens with one attached hydrogen (secondary N) is 1. The molecule has 17 heavy (non-hydrogen) atoms. The minimum atomic E-state index is 0.323.